The Hall–Kier alpha value is -0.790. The van der Waals surface area contributed by atoms with Gasteiger partial charge in [-0.25, -0.2) is 0 Å². The maximum Gasteiger partial charge on any atom is 0.306 e. The van der Waals surface area contributed by atoms with E-state index in [0.717, 1.165) is 19.3 Å². The second kappa shape index (κ2) is 8.51. The zero-order valence-corrected chi connectivity index (χ0v) is 9.54. The molecule has 0 N–H and O–H groups in total. The van der Waals surface area contributed by atoms with Crippen LogP contribution in [0.5, 0.6) is 0 Å². The minimum atomic E-state index is -0.0447. The largest absolute Gasteiger partial charge is 0.466 e. The van der Waals surface area contributed by atoms with Crippen LogP contribution in [0.2, 0.25) is 0 Å². The van der Waals surface area contributed by atoms with Gasteiger partial charge in [0.1, 0.15) is 0 Å². The normalized spacial score (nSPS) is 23.9. The van der Waals surface area contributed by atoms with Crippen LogP contribution in [-0.2, 0) is 9.53 Å². The summed E-state index contributed by atoms with van der Waals surface area (Å²) in [4.78, 5) is 11.2. The average Bonchev–Trinajstić information content (AvgIpc) is 2.24. The number of carbonyl (C=O) groups is 1. The molecule has 1 rings (SSSR count). The number of carbonyl (C=O) groups excluding carboxylic acids is 1. The Kier molecular flexibility index (Phi) is 6.97. The summed E-state index contributed by atoms with van der Waals surface area (Å²) in [6, 6.07) is 0. The maximum atomic E-state index is 11.2. The number of esters is 1. The van der Waals surface area contributed by atoms with Gasteiger partial charge in [0.15, 0.2) is 0 Å². The van der Waals surface area contributed by atoms with Crippen molar-refractivity contribution in [1.82, 2.24) is 0 Å². The molecular formula is C13H22O2. The van der Waals surface area contributed by atoms with E-state index in [2.05, 4.69) is 12.2 Å². The van der Waals surface area contributed by atoms with Gasteiger partial charge in [-0.2, -0.15) is 0 Å². The minimum Gasteiger partial charge on any atom is -0.466 e. The molecule has 0 amide bonds. The molecule has 0 aliphatic carbocycles. The summed E-state index contributed by atoms with van der Waals surface area (Å²) in [5.74, 6) is -0.0447. The van der Waals surface area contributed by atoms with E-state index < -0.39 is 0 Å². The molecule has 0 unspecified atom stereocenters. The summed E-state index contributed by atoms with van der Waals surface area (Å²) >= 11 is 0. The van der Waals surface area contributed by atoms with Crippen LogP contribution in [0.15, 0.2) is 12.2 Å². The van der Waals surface area contributed by atoms with E-state index >= 15 is 0 Å². The molecule has 1 aliphatic heterocycles. The Labute approximate surface area is 92.7 Å². The molecule has 86 valence electrons. The number of rotatable bonds is 0. The summed E-state index contributed by atoms with van der Waals surface area (Å²) in [7, 11) is 0. The van der Waals surface area contributed by atoms with Crippen LogP contribution in [0.1, 0.15) is 57.8 Å². The first-order chi connectivity index (χ1) is 7.39. The van der Waals surface area contributed by atoms with Crippen LogP contribution in [0.3, 0.4) is 0 Å². The van der Waals surface area contributed by atoms with Crippen molar-refractivity contribution in [3.8, 4) is 0 Å². The smallest absolute Gasteiger partial charge is 0.306 e. The molecule has 0 saturated carbocycles. The third kappa shape index (κ3) is 7.18. The molecule has 0 bridgehead atoms. The molecule has 0 atom stereocenters. The Bertz CT molecular complexity index is 197. The van der Waals surface area contributed by atoms with Gasteiger partial charge in [-0.05, 0) is 25.7 Å². The van der Waals surface area contributed by atoms with Gasteiger partial charge in [-0.3, -0.25) is 4.79 Å². The van der Waals surface area contributed by atoms with E-state index in [1.165, 1.54) is 32.1 Å². The first kappa shape index (κ1) is 12.3. The second-order valence-corrected chi connectivity index (χ2v) is 4.14. The van der Waals surface area contributed by atoms with E-state index in [1.54, 1.807) is 0 Å². The van der Waals surface area contributed by atoms with Crippen LogP contribution in [0.25, 0.3) is 0 Å². The average molecular weight is 210 g/mol. The fourth-order valence-electron chi connectivity index (χ4n) is 1.77. The van der Waals surface area contributed by atoms with Crippen molar-refractivity contribution in [1.29, 1.82) is 0 Å². The predicted molar refractivity (Wildman–Crippen MR) is 61.7 cm³/mol. The first-order valence-electron chi connectivity index (χ1n) is 6.20. The lowest BCUT2D eigenvalue weighted by Crippen LogP contribution is -2.05. The van der Waals surface area contributed by atoms with Gasteiger partial charge >= 0.3 is 5.97 Å². The van der Waals surface area contributed by atoms with Crippen molar-refractivity contribution in [3.05, 3.63) is 12.2 Å². The highest BCUT2D eigenvalue weighted by Crippen LogP contribution is 2.09. The lowest BCUT2D eigenvalue weighted by atomic mass is 10.1. The lowest BCUT2D eigenvalue weighted by molar-refractivity contribution is -0.143. The number of cyclic esters (lactones) is 1. The fourth-order valence-corrected chi connectivity index (χ4v) is 1.77. The molecule has 0 saturated heterocycles. The highest BCUT2D eigenvalue weighted by molar-refractivity contribution is 5.69. The topological polar surface area (TPSA) is 26.3 Å². The number of allylic oxidation sites excluding steroid dienone is 2. The Balaban J connectivity index is 2.22. The molecule has 0 spiro atoms. The van der Waals surface area contributed by atoms with Gasteiger partial charge in [-0.15, -0.1) is 0 Å². The third-order valence-electron chi connectivity index (χ3n) is 2.71. The van der Waals surface area contributed by atoms with E-state index in [1.807, 2.05) is 0 Å². The van der Waals surface area contributed by atoms with Crippen molar-refractivity contribution in [3.63, 3.8) is 0 Å². The highest BCUT2D eigenvalue weighted by atomic mass is 16.5. The van der Waals surface area contributed by atoms with Crippen molar-refractivity contribution in [2.24, 2.45) is 0 Å². The van der Waals surface area contributed by atoms with E-state index in [-0.39, 0.29) is 5.97 Å². The third-order valence-corrected chi connectivity index (χ3v) is 2.71. The van der Waals surface area contributed by atoms with E-state index in [0.29, 0.717) is 13.0 Å². The molecule has 0 radical (unpaired) electrons. The number of ether oxygens (including phenoxy) is 1. The summed E-state index contributed by atoms with van der Waals surface area (Å²) in [5.41, 5.74) is 0. The Morgan fingerprint density at radius 3 is 2.40 bits per heavy atom. The Morgan fingerprint density at radius 2 is 1.53 bits per heavy atom. The SMILES string of the molecule is O=C1CC/C=C/CCCCCCCCO1. The van der Waals surface area contributed by atoms with Crippen molar-refractivity contribution in [2.75, 3.05) is 6.61 Å². The summed E-state index contributed by atoms with van der Waals surface area (Å²) < 4.78 is 5.11. The van der Waals surface area contributed by atoms with E-state index in [4.69, 9.17) is 4.74 Å². The maximum absolute atomic E-state index is 11.2. The van der Waals surface area contributed by atoms with Gasteiger partial charge in [0.05, 0.1) is 6.61 Å². The molecule has 2 heteroatoms. The predicted octanol–water partition coefficient (Wildman–Crippen LogP) is 3.61. The van der Waals surface area contributed by atoms with Crippen LogP contribution >= 0.6 is 0 Å². The van der Waals surface area contributed by atoms with Crippen LogP contribution < -0.4 is 0 Å². The molecule has 1 aliphatic rings. The van der Waals surface area contributed by atoms with Crippen molar-refractivity contribution in [2.45, 2.75) is 57.8 Å². The summed E-state index contributed by atoms with van der Waals surface area (Å²) in [6.07, 6.45) is 14.3. The van der Waals surface area contributed by atoms with Gasteiger partial charge in [0, 0.05) is 6.42 Å². The zero-order valence-electron chi connectivity index (χ0n) is 9.54. The summed E-state index contributed by atoms with van der Waals surface area (Å²) in [6.45, 7) is 0.614. The highest BCUT2D eigenvalue weighted by Gasteiger charge is 2.01. The lowest BCUT2D eigenvalue weighted by Gasteiger charge is -2.05. The standard InChI is InChI=1S/C13H22O2/c14-13-11-9-7-5-3-1-2-4-6-8-10-12-15-13/h5,7H,1-4,6,8-12H2/b7-5+. The molecule has 0 aromatic heterocycles. The molecule has 15 heavy (non-hydrogen) atoms. The van der Waals surface area contributed by atoms with Crippen molar-refractivity contribution < 1.29 is 9.53 Å². The molecule has 1 heterocycles. The van der Waals surface area contributed by atoms with Gasteiger partial charge < -0.3 is 4.74 Å². The van der Waals surface area contributed by atoms with E-state index in [9.17, 15) is 4.79 Å². The van der Waals surface area contributed by atoms with Crippen LogP contribution in [-0.4, -0.2) is 12.6 Å². The molecule has 0 aromatic rings. The van der Waals surface area contributed by atoms with Gasteiger partial charge in [-0.1, -0.05) is 37.8 Å². The number of hydrogen-bond acceptors (Lipinski definition) is 2. The van der Waals surface area contributed by atoms with Crippen LogP contribution in [0.4, 0.5) is 0 Å². The first-order valence-corrected chi connectivity index (χ1v) is 6.20. The molecule has 0 fully saturated rings. The molecule has 0 aromatic carbocycles. The molecule has 2 nitrogen and oxygen atoms in total. The van der Waals surface area contributed by atoms with Crippen molar-refractivity contribution >= 4 is 5.97 Å². The zero-order chi connectivity index (χ0) is 10.8. The quantitative estimate of drug-likeness (QED) is 0.451. The van der Waals surface area contributed by atoms with Gasteiger partial charge in [0.25, 0.3) is 0 Å². The van der Waals surface area contributed by atoms with Crippen LogP contribution in [0, 0.1) is 0 Å². The molecular weight excluding hydrogens is 188 g/mol. The minimum absolute atomic E-state index is 0.0447. The van der Waals surface area contributed by atoms with Gasteiger partial charge in [0.2, 0.25) is 0 Å². The monoisotopic (exact) mass is 210 g/mol. The Morgan fingerprint density at radius 1 is 0.867 bits per heavy atom. The fraction of sp³-hybridized carbons (Fsp3) is 0.769. The number of hydrogen-bond donors (Lipinski definition) is 0. The second-order valence-electron chi connectivity index (χ2n) is 4.14. The summed E-state index contributed by atoms with van der Waals surface area (Å²) in [5, 5.41) is 0.